The minimum Gasteiger partial charge on any atom is -0.481 e. The summed E-state index contributed by atoms with van der Waals surface area (Å²) >= 11 is 0. The minimum absolute atomic E-state index is 0.0124. The number of rotatable bonds is 14. The van der Waals surface area contributed by atoms with E-state index in [4.69, 9.17) is 27.1 Å². The minimum atomic E-state index is -0.567. The average molecular weight is 485 g/mol. The molecule has 0 aliphatic heterocycles. The number of hydrogen-bond acceptors (Lipinski definition) is 6. The summed E-state index contributed by atoms with van der Waals surface area (Å²) in [4.78, 5) is 37.4. The number of nitrogens with one attached hydrogen (secondary N) is 2. The highest BCUT2D eigenvalue weighted by Gasteiger charge is 2.23. The van der Waals surface area contributed by atoms with Crippen molar-refractivity contribution in [1.29, 1.82) is 0 Å². The van der Waals surface area contributed by atoms with E-state index in [1.54, 1.807) is 39.0 Å². The van der Waals surface area contributed by atoms with E-state index in [1.807, 2.05) is 6.92 Å². The fourth-order valence-electron chi connectivity index (χ4n) is 3.16. The van der Waals surface area contributed by atoms with Crippen molar-refractivity contribution in [2.75, 3.05) is 26.3 Å². The molecule has 8 heteroatoms. The van der Waals surface area contributed by atoms with E-state index in [0.29, 0.717) is 49.4 Å². The topological polar surface area (TPSA) is 103 Å². The zero-order valence-corrected chi connectivity index (χ0v) is 21.1. The van der Waals surface area contributed by atoms with Crippen LogP contribution in [0.15, 0.2) is 18.2 Å². The van der Waals surface area contributed by atoms with Gasteiger partial charge in [-0.2, -0.15) is 0 Å². The van der Waals surface area contributed by atoms with E-state index in [-0.39, 0.29) is 31.3 Å². The Labute approximate surface area is 208 Å². The first-order valence-electron chi connectivity index (χ1n) is 11.6. The van der Waals surface area contributed by atoms with Gasteiger partial charge in [0, 0.05) is 37.1 Å². The summed E-state index contributed by atoms with van der Waals surface area (Å²) < 4.78 is 16.1. The third kappa shape index (κ3) is 12.4. The molecule has 1 aromatic rings. The normalized spacial score (nSPS) is 11.4. The first kappa shape index (κ1) is 29.4. The number of carbonyl (C=O) groups is 3. The smallest absolute Gasteiger partial charge is 0.407 e. The Morgan fingerprint density at radius 1 is 0.971 bits per heavy atom. The molecule has 0 spiro atoms. The Hall–Kier alpha value is -3.65. The summed E-state index contributed by atoms with van der Waals surface area (Å²) in [7, 11) is 0. The van der Waals surface area contributed by atoms with Gasteiger partial charge in [0.2, 0.25) is 5.91 Å². The van der Waals surface area contributed by atoms with E-state index in [2.05, 4.69) is 22.5 Å². The monoisotopic (exact) mass is 484 g/mol. The number of Topliss-reactive ketones (excluding diaryl/α,β-unsaturated/α-hetero) is 1. The fourth-order valence-corrected chi connectivity index (χ4v) is 3.16. The standard InChI is InChI=1S/C27H36N2O6/c1-7-14-33-22-16-21(17-23(19-22)34-15-8-2)24(30)18-20(25(31)28-9-3)12-10-11-13-29-26(32)35-27(4,5)6/h1-2,16-17,19-20H,9-15,18H2,3-6H3,(H,28,31)(H,29,32). The third-order valence-corrected chi connectivity index (χ3v) is 4.65. The second kappa shape index (κ2) is 15.3. The Morgan fingerprint density at radius 2 is 1.57 bits per heavy atom. The van der Waals surface area contributed by atoms with Crippen molar-refractivity contribution in [2.45, 2.75) is 59.0 Å². The van der Waals surface area contributed by atoms with Crippen LogP contribution in [0.25, 0.3) is 0 Å². The Morgan fingerprint density at radius 3 is 2.09 bits per heavy atom. The van der Waals surface area contributed by atoms with Gasteiger partial charge in [0.05, 0.1) is 0 Å². The van der Waals surface area contributed by atoms with Crippen LogP contribution in [-0.4, -0.2) is 49.7 Å². The molecule has 0 heterocycles. The molecule has 2 amide bonds. The molecule has 35 heavy (non-hydrogen) atoms. The van der Waals surface area contributed by atoms with Crippen LogP contribution in [0.2, 0.25) is 0 Å². The summed E-state index contributed by atoms with van der Waals surface area (Å²) in [5.74, 6) is 4.56. The van der Waals surface area contributed by atoms with E-state index < -0.39 is 17.6 Å². The Bertz CT molecular complexity index is 900. The van der Waals surface area contributed by atoms with Crippen LogP contribution in [0.3, 0.4) is 0 Å². The second-order valence-electron chi connectivity index (χ2n) is 8.82. The molecule has 0 saturated carbocycles. The van der Waals surface area contributed by atoms with Gasteiger partial charge in [-0.25, -0.2) is 4.79 Å². The van der Waals surface area contributed by atoms with Crippen molar-refractivity contribution < 1.29 is 28.6 Å². The van der Waals surface area contributed by atoms with Crippen molar-refractivity contribution in [1.82, 2.24) is 10.6 Å². The zero-order valence-electron chi connectivity index (χ0n) is 21.1. The molecule has 2 N–H and O–H groups in total. The number of terminal acetylenes is 2. The van der Waals surface area contributed by atoms with E-state index in [9.17, 15) is 14.4 Å². The molecule has 0 fully saturated rings. The van der Waals surface area contributed by atoms with Gasteiger partial charge >= 0.3 is 6.09 Å². The summed E-state index contributed by atoms with van der Waals surface area (Å²) in [6, 6.07) is 4.74. The van der Waals surface area contributed by atoms with Gasteiger partial charge < -0.3 is 24.8 Å². The number of amides is 2. The van der Waals surface area contributed by atoms with Crippen molar-refractivity contribution in [3.63, 3.8) is 0 Å². The number of ether oxygens (including phenoxy) is 3. The van der Waals surface area contributed by atoms with Crippen molar-refractivity contribution in [3.8, 4) is 36.2 Å². The highest BCUT2D eigenvalue weighted by molar-refractivity contribution is 5.99. The molecular weight excluding hydrogens is 448 g/mol. The summed E-state index contributed by atoms with van der Waals surface area (Å²) in [6.45, 7) is 8.14. The van der Waals surface area contributed by atoms with Crippen molar-refractivity contribution in [3.05, 3.63) is 23.8 Å². The first-order chi connectivity index (χ1) is 16.6. The maximum atomic E-state index is 13.1. The lowest BCUT2D eigenvalue weighted by molar-refractivity contribution is -0.125. The lowest BCUT2D eigenvalue weighted by Gasteiger charge is -2.20. The van der Waals surface area contributed by atoms with Crippen LogP contribution in [0.4, 0.5) is 4.79 Å². The van der Waals surface area contributed by atoms with E-state index in [0.717, 1.165) is 0 Å². The highest BCUT2D eigenvalue weighted by atomic mass is 16.6. The lowest BCUT2D eigenvalue weighted by atomic mass is 9.92. The molecule has 0 aliphatic carbocycles. The van der Waals surface area contributed by atoms with Gasteiger partial charge in [-0.15, -0.1) is 12.8 Å². The average Bonchev–Trinajstić information content (AvgIpc) is 2.79. The van der Waals surface area contributed by atoms with E-state index in [1.165, 1.54) is 0 Å². The van der Waals surface area contributed by atoms with Crippen LogP contribution in [-0.2, 0) is 9.53 Å². The molecule has 0 bridgehead atoms. The zero-order chi connectivity index (χ0) is 26.3. The van der Waals surface area contributed by atoms with Crippen molar-refractivity contribution >= 4 is 17.8 Å². The molecule has 0 saturated heterocycles. The van der Waals surface area contributed by atoms with Gasteiger partial charge in [-0.05, 0) is 52.7 Å². The molecule has 0 aliphatic rings. The molecule has 1 atom stereocenters. The number of hydrogen-bond donors (Lipinski definition) is 2. The molecule has 0 aromatic heterocycles. The van der Waals surface area contributed by atoms with E-state index >= 15 is 0 Å². The molecule has 8 nitrogen and oxygen atoms in total. The Balaban J connectivity index is 2.81. The van der Waals surface area contributed by atoms with Gasteiger partial charge in [0.25, 0.3) is 0 Å². The van der Waals surface area contributed by atoms with Crippen LogP contribution in [0, 0.1) is 30.6 Å². The van der Waals surface area contributed by atoms with Crippen LogP contribution >= 0.6 is 0 Å². The molecule has 1 unspecified atom stereocenters. The molecule has 1 rings (SSSR count). The summed E-state index contributed by atoms with van der Waals surface area (Å²) in [5.41, 5.74) is -0.227. The largest absolute Gasteiger partial charge is 0.481 e. The molecule has 1 aromatic carbocycles. The maximum Gasteiger partial charge on any atom is 0.407 e. The number of ketones is 1. The number of unbranched alkanes of at least 4 members (excludes halogenated alkanes) is 1. The summed E-state index contributed by atoms with van der Waals surface area (Å²) in [6.07, 6.45) is 11.8. The highest BCUT2D eigenvalue weighted by Crippen LogP contribution is 2.26. The molecule has 0 radical (unpaired) electrons. The SMILES string of the molecule is C#CCOc1cc(OCC#C)cc(C(=O)CC(CCCCNC(=O)OC(C)(C)C)C(=O)NCC)c1. The summed E-state index contributed by atoms with van der Waals surface area (Å²) in [5, 5.41) is 5.49. The Kier molecular flexibility index (Phi) is 12.8. The predicted octanol–water partition coefficient (Wildman–Crippen LogP) is 3.73. The number of benzene rings is 1. The van der Waals surface area contributed by atoms with Crippen molar-refractivity contribution in [2.24, 2.45) is 5.92 Å². The number of carbonyl (C=O) groups excluding carboxylic acids is 3. The second-order valence-corrected chi connectivity index (χ2v) is 8.82. The third-order valence-electron chi connectivity index (χ3n) is 4.65. The fraction of sp³-hybridized carbons (Fsp3) is 0.519. The van der Waals surface area contributed by atoms with Gasteiger partial charge in [0.15, 0.2) is 5.78 Å². The lowest BCUT2D eigenvalue weighted by Crippen LogP contribution is -2.33. The van der Waals surface area contributed by atoms with Crippen LogP contribution in [0.5, 0.6) is 11.5 Å². The first-order valence-corrected chi connectivity index (χ1v) is 11.6. The number of alkyl carbamates (subject to hydrolysis) is 1. The van der Waals surface area contributed by atoms with Crippen LogP contribution < -0.4 is 20.1 Å². The van der Waals surface area contributed by atoms with Crippen LogP contribution in [0.1, 0.15) is 63.7 Å². The van der Waals surface area contributed by atoms with Gasteiger partial charge in [0.1, 0.15) is 30.3 Å². The van der Waals surface area contributed by atoms with Gasteiger partial charge in [-0.1, -0.05) is 18.3 Å². The van der Waals surface area contributed by atoms with Gasteiger partial charge in [-0.3, -0.25) is 9.59 Å². The molecular formula is C27H36N2O6. The maximum absolute atomic E-state index is 13.1. The molecule has 190 valence electrons. The predicted molar refractivity (Wildman–Crippen MR) is 134 cm³/mol. The quantitative estimate of drug-likeness (QED) is 0.237.